The zero-order chi connectivity index (χ0) is 15.4. The molecule has 2 aliphatic rings. The number of hydrogen-bond acceptors (Lipinski definition) is 4. The van der Waals surface area contributed by atoms with Crippen LogP contribution in [0.4, 0.5) is 5.69 Å². The number of anilines is 1. The Balaban J connectivity index is 1.51. The summed E-state index contributed by atoms with van der Waals surface area (Å²) in [4.78, 5) is 14.5. The molecule has 0 aliphatic carbocycles. The van der Waals surface area contributed by atoms with Gasteiger partial charge < -0.3 is 15.0 Å². The molecule has 3 rings (SSSR count). The fourth-order valence-corrected chi connectivity index (χ4v) is 3.31. The molecular weight excluding hydrogens is 280 g/mol. The Morgan fingerprint density at radius 2 is 2.32 bits per heavy atom. The number of aromatic nitrogens is 2. The summed E-state index contributed by atoms with van der Waals surface area (Å²) >= 11 is 0. The largest absolute Gasteiger partial charge is 0.376 e. The maximum atomic E-state index is 12.3. The molecule has 0 saturated carbocycles. The van der Waals surface area contributed by atoms with Crippen LogP contribution in [0.1, 0.15) is 32.1 Å². The first kappa shape index (κ1) is 15.5. The van der Waals surface area contributed by atoms with Gasteiger partial charge in [0.1, 0.15) is 0 Å². The number of nitrogens with zero attached hydrogens (tertiary/aromatic N) is 3. The van der Waals surface area contributed by atoms with Gasteiger partial charge >= 0.3 is 0 Å². The molecule has 1 N–H and O–H groups in total. The second-order valence-corrected chi connectivity index (χ2v) is 6.53. The summed E-state index contributed by atoms with van der Waals surface area (Å²) in [5, 5.41) is 7.34. The van der Waals surface area contributed by atoms with Gasteiger partial charge in [-0.2, -0.15) is 5.10 Å². The van der Waals surface area contributed by atoms with Gasteiger partial charge in [-0.05, 0) is 45.7 Å². The van der Waals surface area contributed by atoms with Crippen LogP contribution in [0, 0.1) is 5.92 Å². The van der Waals surface area contributed by atoms with Crippen molar-refractivity contribution in [2.24, 2.45) is 5.92 Å². The first-order chi connectivity index (χ1) is 10.7. The lowest BCUT2D eigenvalue weighted by molar-refractivity contribution is -0.121. The molecule has 22 heavy (non-hydrogen) atoms. The molecule has 2 fully saturated rings. The Labute approximate surface area is 131 Å². The van der Waals surface area contributed by atoms with E-state index in [0.717, 1.165) is 57.6 Å². The Kier molecular flexibility index (Phi) is 5.10. The number of carbonyl (C=O) groups excluding carboxylic acids is 1. The standard InChI is InChI=1S/C16H26N4O2/c1-19-7-4-5-13(10-19)16(21)18-14-9-17-20(11-14)12-15-6-2-3-8-22-15/h9,11,13,15H,2-8,10,12H2,1H3,(H,18,21). The predicted molar refractivity (Wildman–Crippen MR) is 84.7 cm³/mol. The first-order valence-electron chi connectivity index (χ1n) is 8.34. The van der Waals surface area contributed by atoms with E-state index in [1.54, 1.807) is 6.20 Å². The third-order valence-corrected chi connectivity index (χ3v) is 4.56. The van der Waals surface area contributed by atoms with Crippen molar-refractivity contribution in [1.82, 2.24) is 14.7 Å². The Hall–Kier alpha value is -1.40. The van der Waals surface area contributed by atoms with E-state index in [9.17, 15) is 4.79 Å². The van der Waals surface area contributed by atoms with Crippen LogP contribution in [0.2, 0.25) is 0 Å². The summed E-state index contributed by atoms with van der Waals surface area (Å²) in [6, 6.07) is 0. The van der Waals surface area contributed by atoms with Crippen molar-refractivity contribution in [3.05, 3.63) is 12.4 Å². The zero-order valence-corrected chi connectivity index (χ0v) is 13.3. The number of rotatable bonds is 4. The highest BCUT2D eigenvalue weighted by Gasteiger charge is 2.24. The smallest absolute Gasteiger partial charge is 0.228 e. The van der Waals surface area contributed by atoms with Crippen molar-refractivity contribution in [2.45, 2.75) is 44.8 Å². The highest BCUT2D eigenvalue weighted by atomic mass is 16.5. The summed E-state index contributed by atoms with van der Waals surface area (Å²) in [6.07, 6.45) is 9.43. The van der Waals surface area contributed by atoms with Gasteiger partial charge in [0.15, 0.2) is 0 Å². The van der Waals surface area contributed by atoms with Crippen LogP contribution >= 0.6 is 0 Å². The molecule has 0 spiro atoms. The SMILES string of the molecule is CN1CCCC(C(=O)Nc2cnn(CC3CCCCO3)c2)C1. The fourth-order valence-electron chi connectivity index (χ4n) is 3.31. The van der Waals surface area contributed by atoms with Gasteiger partial charge in [0.25, 0.3) is 0 Å². The second kappa shape index (κ2) is 7.24. The normalized spacial score (nSPS) is 26.8. The van der Waals surface area contributed by atoms with Crippen LogP contribution in [0.3, 0.4) is 0 Å². The van der Waals surface area contributed by atoms with Crippen LogP contribution in [0.15, 0.2) is 12.4 Å². The molecule has 6 nitrogen and oxygen atoms in total. The highest BCUT2D eigenvalue weighted by Crippen LogP contribution is 2.18. The molecule has 3 heterocycles. The Bertz CT molecular complexity index is 496. The average molecular weight is 306 g/mol. The van der Waals surface area contributed by atoms with E-state index in [2.05, 4.69) is 22.4 Å². The molecule has 0 aromatic carbocycles. The van der Waals surface area contributed by atoms with Crippen molar-refractivity contribution in [3.8, 4) is 0 Å². The molecule has 2 aliphatic heterocycles. The van der Waals surface area contributed by atoms with E-state index in [1.807, 2.05) is 10.9 Å². The van der Waals surface area contributed by atoms with Crippen molar-refractivity contribution in [1.29, 1.82) is 0 Å². The van der Waals surface area contributed by atoms with Gasteiger partial charge in [-0.1, -0.05) is 0 Å². The molecule has 1 aromatic heterocycles. The molecule has 1 aromatic rings. The molecule has 2 atom stereocenters. The van der Waals surface area contributed by atoms with Crippen LogP contribution < -0.4 is 5.32 Å². The number of hydrogen-bond donors (Lipinski definition) is 1. The van der Waals surface area contributed by atoms with E-state index in [0.29, 0.717) is 0 Å². The van der Waals surface area contributed by atoms with E-state index in [4.69, 9.17) is 4.74 Å². The maximum Gasteiger partial charge on any atom is 0.228 e. The number of amides is 1. The van der Waals surface area contributed by atoms with Crippen molar-refractivity contribution < 1.29 is 9.53 Å². The van der Waals surface area contributed by atoms with E-state index < -0.39 is 0 Å². The third kappa shape index (κ3) is 4.08. The van der Waals surface area contributed by atoms with Gasteiger partial charge in [0.2, 0.25) is 5.91 Å². The second-order valence-electron chi connectivity index (χ2n) is 6.53. The Morgan fingerprint density at radius 3 is 3.09 bits per heavy atom. The summed E-state index contributed by atoms with van der Waals surface area (Å²) in [5.74, 6) is 0.198. The van der Waals surface area contributed by atoms with Crippen molar-refractivity contribution in [2.75, 3.05) is 32.1 Å². The first-order valence-corrected chi connectivity index (χ1v) is 8.34. The minimum atomic E-state index is 0.0868. The zero-order valence-electron chi connectivity index (χ0n) is 13.3. The molecule has 6 heteroatoms. The van der Waals surface area contributed by atoms with Gasteiger partial charge in [0.05, 0.1) is 30.5 Å². The van der Waals surface area contributed by atoms with Crippen LogP contribution in [0.25, 0.3) is 0 Å². The third-order valence-electron chi connectivity index (χ3n) is 4.56. The Morgan fingerprint density at radius 1 is 1.41 bits per heavy atom. The lowest BCUT2D eigenvalue weighted by atomic mass is 9.97. The van der Waals surface area contributed by atoms with Gasteiger partial charge in [0, 0.05) is 19.3 Å². The van der Waals surface area contributed by atoms with Crippen molar-refractivity contribution >= 4 is 11.6 Å². The van der Waals surface area contributed by atoms with E-state index >= 15 is 0 Å². The molecule has 0 radical (unpaired) electrons. The van der Waals surface area contributed by atoms with Crippen LogP contribution in [0.5, 0.6) is 0 Å². The lowest BCUT2D eigenvalue weighted by Crippen LogP contribution is -2.38. The number of nitrogens with one attached hydrogen (secondary N) is 1. The van der Waals surface area contributed by atoms with E-state index in [1.165, 1.54) is 6.42 Å². The maximum absolute atomic E-state index is 12.3. The number of carbonyl (C=O) groups is 1. The molecule has 2 saturated heterocycles. The van der Waals surface area contributed by atoms with Gasteiger partial charge in [-0.25, -0.2) is 0 Å². The fraction of sp³-hybridized carbons (Fsp3) is 0.750. The summed E-state index contributed by atoms with van der Waals surface area (Å²) < 4.78 is 7.60. The molecule has 1 amide bonds. The average Bonchev–Trinajstić information content (AvgIpc) is 2.95. The summed E-state index contributed by atoms with van der Waals surface area (Å²) in [6.45, 7) is 3.55. The van der Waals surface area contributed by atoms with Crippen LogP contribution in [-0.4, -0.2) is 53.4 Å². The highest BCUT2D eigenvalue weighted by molar-refractivity contribution is 5.92. The number of ether oxygens (including phenoxy) is 1. The minimum Gasteiger partial charge on any atom is -0.376 e. The van der Waals surface area contributed by atoms with Gasteiger partial charge in [-0.3, -0.25) is 9.48 Å². The predicted octanol–water partition coefficient (Wildman–Crippen LogP) is 1.73. The molecule has 122 valence electrons. The number of piperidine rings is 1. The topological polar surface area (TPSA) is 59.4 Å². The lowest BCUT2D eigenvalue weighted by Gasteiger charge is -2.28. The summed E-state index contributed by atoms with van der Waals surface area (Å²) in [5.41, 5.74) is 0.786. The van der Waals surface area contributed by atoms with Crippen molar-refractivity contribution in [3.63, 3.8) is 0 Å². The number of likely N-dealkylation sites (tertiary alicyclic amines) is 1. The molecule has 0 bridgehead atoms. The van der Waals surface area contributed by atoms with Gasteiger partial charge in [-0.15, -0.1) is 0 Å². The monoisotopic (exact) mass is 306 g/mol. The molecule has 2 unspecified atom stereocenters. The van der Waals surface area contributed by atoms with E-state index in [-0.39, 0.29) is 17.9 Å². The van der Waals surface area contributed by atoms with Crippen LogP contribution in [-0.2, 0) is 16.1 Å². The summed E-state index contributed by atoms with van der Waals surface area (Å²) in [7, 11) is 2.07. The molecular formula is C16H26N4O2. The minimum absolute atomic E-state index is 0.0868. The quantitative estimate of drug-likeness (QED) is 0.920.